The van der Waals surface area contributed by atoms with Crippen molar-refractivity contribution in [1.29, 1.82) is 0 Å². The van der Waals surface area contributed by atoms with E-state index in [1.165, 1.54) is 19.3 Å². The van der Waals surface area contributed by atoms with Gasteiger partial charge in [0.15, 0.2) is 0 Å². The second-order valence-corrected chi connectivity index (χ2v) is 11.6. The predicted octanol–water partition coefficient (Wildman–Crippen LogP) is 5.97. The average Bonchev–Trinajstić information content (AvgIpc) is 3.60. The molecule has 2 nitrogen and oxygen atoms in total. The van der Waals surface area contributed by atoms with E-state index in [4.69, 9.17) is 4.74 Å². The van der Waals surface area contributed by atoms with Gasteiger partial charge in [0.05, 0.1) is 5.56 Å². The number of benzene rings is 2. The quantitative estimate of drug-likeness (QED) is 0.346. The average molecular weight is 411 g/mol. The summed E-state index contributed by atoms with van der Waals surface area (Å²) in [4.78, 5) is 13.3. The van der Waals surface area contributed by atoms with Gasteiger partial charge in [-0.25, -0.2) is 4.79 Å². The van der Waals surface area contributed by atoms with Crippen LogP contribution in [-0.4, -0.2) is 12.1 Å². The molecular formula is C29H30O2. The Kier molecular flexibility index (Phi) is 3.28. The van der Waals surface area contributed by atoms with Gasteiger partial charge in [-0.2, -0.15) is 0 Å². The highest BCUT2D eigenvalue weighted by Crippen LogP contribution is 2.76. The number of allylic oxidation sites excluding steroid dienone is 2. The molecule has 0 amide bonds. The first-order valence-corrected chi connectivity index (χ1v) is 12.6. The molecule has 0 aliphatic heterocycles. The topological polar surface area (TPSA) is 26.3 Å². The van der Waals surface area contributed by atoms with Crippen LogP contribution in [0.5, 0.6) is 0 Å². The fraction of sp³-hybridized carbons (Fsp3) is 0.552. The van der Waals surface area contributed by atoms with Crippen LogP contribution in [-0.2, 0) is 4.74 Å². The van der Waals surface area contributed by atoms with E-state index in [2.05, 4.69) is 31.2 Å². The van der Waals surface area contributed by atoms with E-state index in [-0.39, 0.29) is 12.1 Å². The van der Waals surface area contributed by atoms with Crippen LogP contribution in [0.15, 0.2) is 54.6 Å². The Hall–Kier alpha value is -2.09. The molecule has 6 bridgehead atoms. The lowest BCUT2D eigenvalue weighted by molar-refractivity contribution is -0.0547. The number of esters is 1. The zero-order valence-electron chi connectivity index (χ0n) is 18.1. The van der Waals surface area contributed by atoms with Gasteiger partial charge in [-0.15, -0.1) is 0 Å². The Labute approximate surface area is 184 Å². The molecule has 5 saturated carbocycles. The van der Waals surface area contributed by atoms with Gasteiger partial charge >= 0.3 is 5.97 Å². The lowest BCUT2D eigenvalue weighted by atomic mass is 9.59. The molecule has 0 spiro atoms. The number of hydrogen-bond acceptors (Lipinski definition) is 2. The molecule has 6 aliphatic carbocycles. The van der Waals surface area contributed by atoms with Crippen molar-refractivity contribution in [3.05, 3.63) is 60.2 Å². The molecule has 0 saturated heterocycles. The normalized spacial score (nSPS) is 49.7. The summed E-state index contributed by atoms with van der Waals surface area (Å²) in [7, 11) is 0. The van der Waals surface area contributed by atoms with Crippen LogP contribution in [0.2, 0.25) is 0 Å². The Balaban J connectivity index is 1.10. The van der Waals surface area contributed by atoms with E-state index in [1.807, 2.05) is 30.3 Å². The van der Waals surface area contributed by atoms with Gasteiger partial charge in [0.1, 0.15) is 6.10 Å². The van der Waals surface area contributed by atoms with E-state index in [1.54, 1.807) is 0 Å². The van der Waals surface area contributed by atoms with Gasteiger partial charge in [0.2, 0.25) is 0 Å². The molecule has 0 N–H and O–H groups in total. The Bertz CT molecular complexity index is 1130. The largest absolute Gasteiger partial charge is 0.458 e. The molecule has 12 atom stereocenters. The van der Waals surface area contributed by atoms with Crippen molar-refractivity contribution in [3.63, 3.8) is 0 Å². The van der Waals surface area contributed by atoms with Crippen molar-refractivity contribution in [1.82, 2.24) is 0 Å². The van der Waals surface area contributed by atoms with Gasteiger partial charge in [0, 0.05) is 0 Å². The summed E-state index contributed by atoms with van der Waals surface area (Å²) >= 11 is 0. The Morgan fingerprint density at radius 1 is 0.774 bits per heavy atom. The third-order valence-corrected chi connectivity index (χ3v) is 11.0. The number of carbonyl (C=O) groups excluding carboxylic acids is 1. The smallest absolute Gasteiger partial charge is 0.339 e. The zero-order valence-corrected chi connectivity index (χ0v) is 18.1. The van der Waals surface area contributed by atoms with Crippen LogP contribution in [0.3, 0.4) is 0 Å². The summed E-state index contributed by atoms with van der Waals surface area (Å²) in [6.45, 7) is 2.38. The Morgan fingerprint density at radius 3 is 2.26 bits per heavy atom. The minimum atomic E-state index is -0.110. The highest BCUT2D eigenvalue weighted by Gasteiger charge is 2.72. The fourth-order valence-electron chi connectivity index (χ4n) is 10.3. The molecule has 8 rings (SSSR count). The Morgan fingerprint density at radius 2 is 1.45 bits per heavy atom. The van der Waals surface area contributed by atoms with Crippen molar-refractivity contribution < 1.29 is 9.53 Å². The number of fused-ring (bicyclic) bond motifs is 17. The number of hydrogen-bond donors (Lipinski definition) is 0. The third-order valence-electron chi connectivity index (χ3n) is 11.0. The van der Waals surface area contributed by atoms with Gasteiger partial charge < -0.3 is 4.74 Å². The van der Waals surface area contributed by atoms with Crippen LogP contribution in [0.4, 0.5) is 0 Å². The first-order chi connectivity index (χ1) is 15.2. The minimum Gasteiger partial charge on any atom is -0.458 e. The monoisotopic (exact) mass is 410 g/mol. The van der Waals surface area contributed by atoms with Crippen molar-refractivity contribution in [2.45, 2.75) is 32.3 Å². The second kappa shape index (κ2) is 5.82. The summed E-state index contributed by atoms with van der Waals surface area (Å²) in [6.07, 6.45) is 9.45. The summed E-state index contributed by atoms with van der Waals surface area (Å²) < 4.78 is 6.39. The first-order valence-electron chi connectivity index (χ1n) is 12.6. The van der Waals surface area contributed by atoms with Crippen LogP contribution in [0.1, 0.15) is 36.5 Å². The van der Waals surface area contributed by atoms with E-state index >= 15 is 0 Å². The molecule has 2 aromatic rings. The van der Waals surface area contributed by atoms with E-state index in [9.17, 15) is 4.79 Å². The number of carbonyl (C=O) groups is 1. The lowest BCUT2D eigenvalue weighted by Gasteiger charge is -2.47. The molecule has 0 aromatic heterocycles. The van der Waals surface area contributed by atoms with Crippen LogP contribution in [0, 0.1) is 65.1 Å². The van der Waals surface area contributed by atoms with Gasteiger partial charge in [0.25, 0.3) is 0 Å². The molecule has 6 aliphatic rings. The lowest BCUT2D eigenvalue weighted by Crippen LogP contribution is -2.47. The maximum absolute atomic E-state index is 13.3. The SMILES string of the molecule is CC1C2CC(C1OC(=O)c1cccc3ccccc13)C1C3CC(C4C5C=CC(C5)C34)C21. The van der Waals surface area contributed by atoms with Crippen LogP contribution in [0.25, 0.3) is 10.8 Å². The summed E-state index contributed by atoms with van der Waals surface area (Å²) in [5.74, 6) is 9.08. The van der Waals surface area contributed by atoms with E-state index in [0.29, 0.717) is 11.8 Å². The van der Waals surface area contributed by atoms with Gasteiger partial charge in [-0.05, 0) is 101 Å². The van der Waals surface area contributed by atoms with Crippen molar-refractivity contribution in [2.75, 3.05) is 0 Å². The van der Waals surface area contributed by atoms with E-state index < -0.39 is 0 Å². The first kappa shape index (κ1) is 17.5. The standard InChI is InChI=1S/C29H30O2/c1-14-20-12-23(27-22-13-21(26(20)27)24-16-9-10-17(11-16)25(22)24)28(14)31-29(30)19-8-4-6-15-5-2-3-7-18(15)19/h2-10,14,16-17,20-28H,11-13H2,1H3. The summed E-state index contributed by atoms with van der Waals surface area (Å²) in [6, 6.07) is 14.2. The zero-order chi connectivity index (χ0) is 20.4. The van der Waals surface area contributed by atoms with Crippen molar-refractivity contribution in [2.24, 2.45) is 65.1 Å². The van der Waals surface area contributed by atoms with Crippen LogP contribution < -0.4 is 0 Å². The van der Waals surface area contributed by atoms with Gasteiger partial charge in [-0.1, -0.05) is 55.5 Å². The maximum Gasteiger partial charge on any atom is 0.339 e. The van der Waals surface area contributed by atoms with Gasteiger partial charge in [-0.3, -0.25) is 0 Å². The molecule has 0 radical (unpaired) electrons. The maximum atomic E-state index is 13.3. The third kappa shape index (κ3) is 2.04. The molecule has 2 heteroatoms. The molecule has 158 valence electrons. The van der Waals surface area contributed by atoms with Crippen molar-refractivity contribution in [3.8, 4) is 0 Å². The van der Waals surface area contributed by atoms with Crippen LogP contribution >= 0.6 is 0 Å². The molecule has 0 heterocycles. The molecule has 2 aromatic carbocycles. The number of ether oxygens (including phenoxy) is 1. The highest BCUT2D eigenvalue weighted by atomic mass is 16.5. The summed E-state index contributed by atoms with van der Waals surface area (Å²) in [5, 5.41) is 2.13. The molecule has 12 unspecified atom stereocenters. The minimum absolute atomic E-state index is 0.110. The highest BCUT2D eigenvalue weighted by molar-refractivity contribution is 6.04. The number of rotatable bonds is 2. The van der Waals surface area contributed by atoms with Crippen molar-refractivity contribution >= 4 is 16.7 Å². The molecule has 31 heavy (non-hydrogen) atoms. The second-order valence-electron chi connectivity index (χ2n) is 11.6. The summed E-state index contributed by atoms with van der Waals surface area (Å²) in [5.41, 5.74) is 0.732. The predicted molar refractivity (Wildman–Crippen MR) is 120 cm³/mol. The fourth-order valence-corrected chi connectivity index (χ4v) is 10.3. The van der Waals surface area contributed by atoms with E-state index in [0.717, 1.165) is 69.6 Å². The molecule has 5 fully saturated rings. The molecular weight excluding hydrogens is 380 g/mol.